The number of benzene rings is 1. The number of pyridine rings is 1. The van der Waals surface area contributed by atoms with Gasteiger partial charge >= 0.3 is 0 Å². The van der Waals surface area contributed by atoms with Crippen molar-refractivity contribution in [2.45, 2.75) is 26.9 Å². The second-order valence-electron chi connectivity index (χ2n) is 6.08. The molecular weight excluding hydrogens is 504 g/mol. The minimum atomic E-state index is -0.429. The zero-order valence-electron chi connectivity index (χ0n) is 16.4. The largest absolute Gasteiger partial charge is 0.453 e. The Morgan fingerprint density at radius 1 is 1.21 bits per heavy atom. The fraction of sp³-hybridized carbons (Fsp3) is 0.250. The van der Waals surface area contributed by atoms with Crippen molar-refractivity contribution in [3.8, 4) is 11.5 Å². The molecule has 3 rings (SSSR count). The maximum absolute atomic E-state index is 14.3. The van der Waals surface area contributed by atoms with Gasteiger partial charge in [-0.05, 0) is 43.7 Å². The zero-order chi connectivity index (χ0) is 19.9. The van der Waals surface area contributed by atoms with Crippen LogP contribution in [0.25, 0.3) is 0 Å². The van der Waals surface area contributed by atoms with E-state index in [-0.39, 0.29) is 29.7 Å². The fourth-order valence-electron chi connectivity index (χ4n) is 2.58. The molecule has 0 aliphatic rings. The van der Waals surface area contributed by atoms with Crippen molar-refractivity contribution in [3.63, 3.8) is 0 Å². The molecule has 1 aromatic carbocycles. The highest BCUT2D eigenvalue weighted by atomic mass is 127. The van der Waals surface area contributed by atoms with Crippen LogP contribution in [0.15, 0.2) is 47.7 Å². The van der Waals surface area contributed by atoms with Gasteiger partial charge in [0, 0.05) is 24.7 Å². The zero-order valence-corrected chi connectivity index (χ0v) is 19.5. The maximum Gasteiger partial charge on any atom is 0.191 e. The Kier molecular flexibility index (Phi) is 8.77. The number of hydrogen-bond acceptors (Lipinski definition) is 5. The van der Waals surface area contributed by atoms with E-state index < -0.39 is 5.82 Å². The number of thiazole rings is 1. The average molecular weight is 527 g/mol. The van der Waals surface area contributed by atoms with E-state index in [9.17, 15) is 4.39 Å². The summed E-state index contributed by atoms with van der Waals surface area (Å²) in [7, 11) is 1.70. The number of halogens is 2. The predicted octanol–water partition coefficient (Wildman–Crippen LogP) is 4.57. The third-order valence-electron chi connectivity index (χ3n) is 3.96. The van der Waals surface area contributed by atoms with Crippen LogP contribution in [0, 0.1) is 19.7 Å². The van der Waals surface area contributed by atoms with Crippen LogP contribution in [0.3, 0.4) is 0 Å². The summed E-state index contributed by atoms with van der Waals surface area (Å²) >= 11 is 1.66. The van der Waals surface area contributed by atoms with Crippen LogP contribution in [0.5, 0.6) is 11.5 Å². The molecule has 2 heterocycles. The first-order valence-electron chi connectivity index (χ1n) is 8.79. The van der Waals surface area contributed by atoms with Crippen molar-refractivity contribution in [1.82, 2.24) is 20.6 Å². The summed E-state index contributed by atoms with van der Waals surface area (Å²) in [6, 6.07) is 8.33. The van der Waals surface area contributed by atoms with E-state index in [1.54, 1.807) is 42.8 Å². The topological polar surface area (TPSA) is 71.4 Å². The molecule has 0 aliphatic heterocycles. The molecule has 0 unspecified atom stereocenters. The van der Waals surface area contributed by atoms with Crippen molar-refractivity contribution in [2.75, 3.05) is 7.05 Å². The first kappa shape index (κ1) is 23.0. The van der Waals surface area contributed by atoms with E-state index in [0.29, 0.717) is 24.8 Å². The van der Waals surface area contributed by atoms with E-state index >= 15 is 0 Å². The minimum Gasteiger partial charge on any atom is -0.453 e. The number of ether oxygens (including phenoxy) is 1. The molecule has 0 atom stereocenters. The van der Waals surface area contributed by atoms with Gasteiger partial charge in [-0.3, -0.25) is 9.98 Å². The van der Waals surface area contributed by atoms with E-state index in [4.69, 9.17) is 4.74 Å². The normalized spacial score (nSPS) is 11.0. The standard InChI is InChI=1S/C20H22FN5OS.HI/c1-13-19(28-14(2)26-13)12-25-20(22-3)24-10-15-6-7-18(17(21)9-15)27-16-5-4-8-23-11-16;/h4-9,11H,10,12H2,1-3H3,(H2,22,24,25);1H. The smallest absolute Gasteiger partial charge is 0.191 e. The molecule has 6 nitrogen and oxygen atoms in total. The summed E-state index contributed by atoms with van der Waals surface area (Å²) < 4.78 is 19.8. The van der Waals surface area contributed by atoms with Gasteiger partial charge in [-0.25, -0.2) is 9.37 Å². The Bertz CT molecular complexity index is 965. The highest BCUT2D eigenvalue weighted by molar-refractivity contribution is 14.0. The molecule has 0 saturated heterocycles. The minimum absolute atomic E-state index is 0. The summed E-state index contributed by atoms with van der Waals surface area (Å²) in [6.45, 7) is 5.06. The fourth-order valence-corrected chi connectivity index (χ4v) is 3.46. The van der Waals surface area contributed by atoms with Crippen molar-refractivity contribution in [3.05, 3.63) is 69.7 Å². The van der Waals surface area contributed by atoms with Gasteiger partial charge in [0.15, 0.2) is 17.5 Å². The van der Waals surface area contributed by atoms with Crippen molar-refractivity contribution in [1.29, 1.82) is 0 Å². The molecule has 0 spiro atoms. The Morgan fingerprint density at radius 2 is 2.00 bits per heavy atom. The van der Waals surface area contributed by atoms with Gasteiger partial charge in [-0.2, -0.15) is 0 Å². The van der Waals surface area contributed by atoms with Crippen molar-refractivity contribution < 1.29 is 9.13 Å². The van der Waals surface area contributed by atoms with Crippen molar-refractivity contribution >= 4 is 41.3 Å². The van der Waals surface area contributed by atoms with Crippen LogP contribution >= 0.6 is 35.3 Å². The molecule has 29 heavy (non-hydrogen) atoms. The molecule has 154 valence electrons. The molecule has 0 radical (unpaired) electrons. The number of nitrogens with one attached hydrogen (secondary N) is 2. The molecule has 0 amide bonds. The van der Waals surface area contributed by atoms with Gasteiger partial charge in [0.25, 0.3) is 0 Å². The number of rotatable bonds is 6. The van der Waals surface area contributed by atoms with Crippen LogP contribution in [0.4, 0.5) is 4.39 Å². The molecule has 9 heteroatoms. The summed E-state index contributed by atoms with van der Waals surface area (Å²) in [5.74, 6) is 0.865. The maximum atomic E-state index is 14.3. The molecule has 2 N–H and O–H groups in total. The molecular formula is C20H23FIN5OS. The lowest BCUT2D eigenvalue weighted by Crippen LogP contribution is -2.36. The van der Waals surface area contributed by atoms with Crippen LogP contribution in [-0.2, 0) is 13.1 Å². The second-order valence-corrected chi connectivity index (χ2v) is 7.36. The van der Waals surface area contributed by atoms with E-state index in [0.717, 1.165) is 16.3 Å². The Balaban J connectivity index is 0.00000300. The molecule has 0 bridgehead atoms. The molecule has 0 fully saturated rings. The van der Waals surface area contributed by atoms with Crippen LogP contribution < -0.4 is 15.4 Å². The van der Waals surface area contributed by atoms with E-state index in [2.05, 4.69) is 25.6 Å². The second kappa shape index (κ2) is 11.1. The lowest BCUT2D eigenvalue weighted by Gasteiger charge is -2.12. The number of aromatic nitrogens is 2. The quantitative estimate of drug-likeness (QED) is 0.279. The number of aryl methyl sites for hydroxylation is 2. The third-order valence-corrected chi connectivity index (χ3v) is 5.03. The number of aliphatic imine (C=N–C) groups is 1. The molecule has 0 saturated carbocycles. The van der Waals surface area contributed by atoms with Crippen LogP contribution in [-0.4, -0.2) is 23.0 Å². The van der Waals surface area contributed by atoms with Gasteiger partial charge in [0.1, 0.15) is 5.75 Å². The van der Waals surface area contributed by atoms with E-state index in [1.807, 2.05) is 19.9 Å². The van der Waals surface area contributed by atoms with Gasteiger partial charge in [-0.15, -0.1) is 35.3 Å². The third kappa shape index (κ3) is 6.64. The first-order chi connectivity index (χ1) is 13.5. The summed E-state index contributed by atoms with van der Waals surface area (Å²) in [6.07, 6.45) is 3.17. The molecule has 3 aromatic rings. The molecule has 2 aromatic heterocycles. The van der Waals surface area contributed by atoms with Crippen LogP contribution in [0.2, 0.25) is 0 Å². The summed E-state index contributed by atoms with van der Waals surface area (Å²) in [5.41, 5.74) is 1.81. The van der Waals surface area contributed by atoms with Crippen molar-refractivity contribution in [2.24, 2.45) is 4.99 Å². The highest BCUT2D eigenvalue weighted by Gasteiger charge is 2.08. The summed E-state index contributed by atoms with van der Waals surface area (Å²) in [4.78, 5) is 13.7. The number of hydrogen-bond donors (Lipinski definition) is 2. The van der Waals surface area contributed by atoms with Gasteiger partial charge in [-0.1, -0.05) is 6.07 Å². The Morgan fingerprint density at radius 3 is 2.62 bits per heavy atom. The number of nitrogens with zero attached hydrogens (tertiary/aromatic N) is 3. The summed E-state index contributed by atoms with van der Waals surface area (Å²) in [5, 5.41) is 7.48. The Hall–Kier alpha value is -2.27. The van der Waals surface area contributed by atoms with Gasteiger partial charge in [0.05, 0.1) is 23.4 Å². The Labute approximate surface area is 190 Å². The first-order valence-corrected chi connectivity index (χ1v) is 9.60. The number of guanidine groups is 1. The monoisotopic (exact) mass is 527 g/mol. The van der Waals surface area contributed by atoms with Gasteiger partial charge in [0.2, 0.25) is 0 Å². The predicted molar refractivity (Wildman–Crippen MR) is 125 cm³/mol. The lowest BCUT2D eigenvalue weighted by atomic mass is 10.2. The van der Waals surface area contributed by atoms with Crippen LogP contribution in [0.1, 0.15) is 21.1 Å². The SMILES string of the molecule is CN=C(NCc1ccc(Oc2cccnc2)c(F)c1)NCc1sc(C)nc1C.I. The molecule has 0 aliphatic carbocycles. The van der Waals surface area contributed by atoms with E-state index in [1.165, 1.54) is 17.1 Å². The average Bonchev–Trinajstić information content (AvgIpc) is 3.02. The highest BCUT2D eigenvalue weighted by Crippen LogP contribution is 2.24. The lowest BCUT2D eigenvalue weighted by molar-refractivity contribution is 0.440. The van der Waals surface area contributed by atoms with Gasteiger partial charge < -0.3 is 15.4 Å².